The first-order valence-electron chi connectivity index (χ1n) is 7.34. The maximum absolute atomic E-state index is 15.2. The maximum Gasteiger partial charge on any atom is 0.128 e. The number of hydrogen-bond acceptors (Lipinski definition) is 1. The maximum atomic E-state index is 15.2. The summed E-state index contributed by atoms with van der Waals surface area (Å²) in [6.07, 6.45) is 3.92. The van der Waals surface area contributed by atoms with Gasteiger partial charge >= 0.3 is 0 Å². The monoisotopic (exact) mass is 263 g/mol. The molecular formula is C17H26FN. The molecule has 2 rings (SSSR count). The molecule has 2 heteroatoms. The van der Waals surface area contributed by atoms with Crippen molar-refractivity contribution in [1.82, 2.24) is 0 Å². The minimum atomic E-state index is -1.29. The highest BCUT2D eigenvalue weighted by atomic mass is 19.1. The molecule has 19 heavy (non-hydrogen) atoms. The topological polar surface area (TPSA) is 26.0 Å². The van der Waals surface area contributed by atoms with Crippen LogP contribution in [0.5, 0.6) is 0 Å². The largest absolute Gasteiger partial charge is 0.328 e. The van der Waals surface area contributed by atoms with Gasteiger partial charge in [-0.25, -0.2) is 4.39 Å². The zero-order chi connectivity index (χ0) is 14.1. The fraction of sp³-hybridized carbons (Fsp3) is 0.647. The molecule has 1 aliphatic rings. The molecule has 0 radical (unpaired) electrons. The number of nitrogens with two attached hydrogens (primary N) is 1. The smallest absolute Gasteiger partial charge is 0.128 e. The van der Waals surface area contributed by atoms with Crippen molar-refractivity contribution in [2.24, 2.45) is 11.1 Å². The summed E-state index contributed by atoms with van der Waals surface area (Å²) in [5, 5.41) is 0. The van der Waals surface area contributed by atoms with E-state index >= 15 is 4.39 Å². The molecule has 0 spiro atoms. The lowest BCUT2D eigenvalue weighted by Gasteiger charge is -2.40. The minimum absolute atomic E-state index is 0.106. The van der Waals surface area contributed by atoms with Gasteiger partial charge in [0.15, 0.2) is 0 Å². The quantitative estimate of drug-likeness (QED) is 0.868. The molecule has 2 N–H and O–H groups in total. The highest BCUT2D eigenvalue weighted by Gasteiger charge is 2.43. The van der Waals surface area contributed by atoms with Gasteiger partial charge in [-0.15, -0.1) is 0 Å². The minimum Gasteiger partial charge on any atom is -0.328 e. The van der Waals surface area contributed by atoms with Crippen LogP contribution < -0.4 is 5.73 Å². The van der Waals surface area contributed by atoms with Gasteiger partial charge in [0.25, 0.3) is 0 Å². The summed E-state index contributed by atoms with van der Waals surface area (Å²) in [6.45, 7) is 5.97. The van der Waals surface area contributed by atoms with E-state index in [9.17, 15) is 0 Å². The number of benzene rings is 1. The second-order valence-corrected chi connectivity index (χ2v) is 6.91. The third kappa shape index (κ3) is 2.84. The van der Waals surface area contributed by atoms with Crippen LogP contribution in [0.25, 0.3) is 0 Å². The molecule has 2 atom stereocenters. The van der Waals surface area contributed by atoms with Crippen molar-refractivity contribution in [2.45, 2.75) is 58.0 Å². The first kappa shape index (κ1) is 14.5. The molecule has 2 unspecified atom stereocenters. The number of fused-ring (bicyclic) bond motifs is 1. The molecule has 0 fully saturated rings. The van der Waals surface area contributed by atoms with Crippen molar-refractivity contribution in [2.75, 3.05) is 6.54 Å². The number of rotatable bonds is 3. The molecular weight excluding hydrogens is 237 g/mol. The number of hydrogen-bond donors (Lipinski definition) is 1. The van der Waals surface area contributed by atoms with Crippen molar-refractivity contribution in [3.63, 3.8) is 0 Å². The van der Waals surface area contributed by atoms with Crippen molar-refractivity contribution in [3.8, 4) is 0 Å². The van der Waals surface area contributed by atoms with Crippen molar-refractivity contribution >= 4 is 0 Å². The van der Waals surface area contributed by atoms with E-state index in [1.165, 1.54) is 11.1 Å². The lowest BCUT2D eigenvalue weighted by Crippen LogP contribution is -2.46. The molecule has 1 aliphatic carbocycles. The summed E-state index contributed by atoms with van der Waals surface area (Å²) in [4.78, 5) is 0. The highest BCUT2D eigenvalue weighted by Crippen LogP contribution is 2.44. The van der Waals surface area contributed by atoms with Gasteiger partial charge < -0.3 is 5.73 Å². The molecule has 0 heterocycles. The van der Waals surface area contributed by atoms with E-state index in [1.807, 2.05) is 20.8 Å². The summed E-state index contributed by atoms with van der Waals surface area (Å²) in [7, 11) is 0. The van der Waals surface area contributed by atoms with Crippen LogP contribution in [0.4, 0.5) is 4.39 Å². The average molecular weight is 263 g/mol. The summed E-state index contributed by atoms with van der Waals surface area (Å²) in [5.41, 5.74) is 6.79. The molecule has 0 bridgehead atoms. The van der Waals surface area contributed by atoms with E-state index in [0.29, 0.717) is 12.3 Å². The van der Waals surface area contributed by atoms with Gasteiger partial charge in [-0.3, -0.25) is 0 Å². The Bertz CT molecular complexity index is 435. The molecule has 1 aromatic rings. The van der Waals surface area contributed by atoms with Crippen molar-refractivity contribution in [3.05, 3.63) is 35.4 Å². The van der Waals surface area contributed by atoms with E-state index in [0.717, 1.165) is 19.3 Å². The van der Waals surface area contributed by atoms with Gasteiger partial charge in [0.05, 0.1) is 0 Å². The van der Waals surface area contributed by atoms with Crippen LogP contribution in [0.3, 0.4) is 0 Å². The first-order chi connectivity index (χ1) is 8.87. The fourth-order valence-corrected chi connectivity index (χ4v) is 3.15. The second kappa shape index (κ2) is 5.24. The summed E-state index contributed by atoms with van der Waals surface area (Å²) < 4.78 is 15.2. The Kier molecular flexibility index (Phi) is 4.00. The summed E-state index contributed by atoms with van der Waals surface area (Å²) >= 11 is 0. The first-order valence-corrected chi connectivity index (χ1v) is 7.34. The van der Waals surface area contributed by atoms with Crippen molar-refractivity contribution in [1.29, 1.82) is 0 Å². The Morgan fingerprint density at radius 2 is 1.95 bits per heavy atom. The highest BCUT2D eigenvalue weighted by molar-refractivity contribution is 5.33. The Balaban J connectivity index is 2.25. The molecule has 0 amide bonds. The third-order valence-electron chi connectivity index (χ3n) is 4.73. The van der Waals surface area contributed by atoms with Crippen LogP contribution in [-0.2, 0) is 6.42 Å². The molecule has 0 aliphatic heterocycles. The standard InChI is InChI=1S/C17H26FN/c1-16(2,3)17(18,12-19)11-14-9-6-8-13-7-4-5-10-15(13)14/h4-5,7,10,14H,6,8-9,11-12,19H2,1-3H3. The Labute approximate surface area is 116 Å². The number of aryl methyl sites for hydroxylation is 1. The number of halogens is 1. The number of alkyl halides is 1. The van der Waals surface area contributed by atoms with Crippen LogP contribution in [0, 0.1) is 5.41 Å². The SMILES string of the molecule is CC(C)(C)C(F)(CN)CC1CCCc2ccccc21. The fourth-order valence-electron chi connectivity index (χ4n) is 3.15. The molecule has 0 saturated carbocycles. The molecule has 0 aromatic heterocycles. The molecule has 0 saturated heterocycles. The lowest BCUT2D eigenvalue weighted by molar-refractivity contribution is 0.0206. The Morgan fingerprint density at radius 1 is 1.26 bits per heavy atom. The molecule has 106 valence electrons. The van der Waals surface area contributed by atoms with Gasteiger partial charge in [0.1, 0.15) is 5.67 Å². The van der Waals surface area contributed by atoms with E-state index < -0.39 is 11.1 Å². The second-order valence-electron chi connectivity index (χ2n) is 6.91. The van der Waals surface area contributed by atoms with Gasteiger partial charge in [0.2, 0.25) is 0 Å². The summed E-state index contributed by atoms with van der Waals surface area (Å²) in [5.74, 6) is 0.317. The molecule has 1 nitrogen and oxygen atoms in total. The van der Waals surface area contributed by atoms with Crippen LogP contribution >= 0.6 is 0 Å². The van der Waals surface area contributed by atoms with Crippen LogP contribution in [0.1, 0.15) is 57.1 Å². The van der Waals surface area contributed by atoms with Crippen molar-refractivity contribution < 1.29 is 4.39 Å². The van der Waals surface area contributed by atoms with Crippen LogP contribution in [0.2, 0.25) is 0 Å². The Morgan fingerprint density at radius 3 is 2.58 bits per heavy atom. The van der Waals surface area contributed by atoms with E-state index in [-0.39, 0.29) is 6.54 Å². The Hall–Kier alpha value is -0.890. The normalized spacial score (nSPS) is 22.7. The predicted molar refractivity (Wildman–Crippen MR) is 79.1 cm³/mol. The van der Waals surface area contributed by atoms with Gasteiger partial charge in [-0.1, -0.05) is 45.0 Å². The van der Waals surface area contributed by atoms with E-state index in [1.54, 1.807) is 0 Å². The molecule has 1 aromatic carbocycles. The van der Waals surface area contributed by atoms with Gasteiger partial charge in [0, 0.05) is 6.54 Å². The zero-order valence-electron chi connectivity index (χ0n) is 12.4. The van der Waals surface area contributed by atoms with Gasteiger partial charge in [-0.05, 0) is 48.1 Å². The van der Waals surface area contributed by atoms with E-state index in [4.69, 9.17) is 5.73 Å². The zero-order valence-corrected chi connectivity index (χ0v) is 12.4. The van der Waals surface area contributed by atoms with Gasteiger partial charge in [-0.2, -0.15) is 0 Å². The summed E-state index contributed by atoms with van der Waals surface area (Å²) in [6, 6.07) is 8.49. The lowest BCUT2D eigenvalue weighted by atomic mass is 9.69. The third-order valence-corrected chi connectivity index (χ3v) is 4.73. The van der Waals surface area contributed by atoms with Crippen LogP contribution in [-0.4, -0.2) is 12.2 Å². The van der Waals surface area contributed by atoms with Crippen LogP contribution in [0.15, 0.2) is 24.3 Å². The average Bonchev–Trinajstić information content (AvgIpc) is 2.38. The predicted octanol–water partition coefficient (Wildman–Crippen LogP) is 4.21. The van der Waals surface area contributed by atoms with E-state index in [2.05, 4.69) is 24.3 Å².